The quantitative estimate of drug-likeness (QED) is 0.814. The normalized spacial score (nSPS) is 30.7. The Morgan fingerprint density at radius 3 is 2.57 bits per heavy atom. The first-order valence-corrected chi connectivity index (χ1v) is 9.03. The SMILES string of the molecule is CCCNC1CCC(C)(C)CC1N(C)CC1CCOCC1. The largest absolute Gasteiger partial charge is 0.381 e. The van der Waals surface area contributed by atoms with Crippen molar-refractivity contribution in [3.63, 3.8) is 0 Å². The third kappa shape index (κ3) is 5.22. The van der Waals surface area contributed by atoms with Crippen molar-refractivity contribution in [1.29, 1.82) is 0 Å². The molecular formula is C18H36N2O. The highest BCUT2D eigenvalue weighted by Gasteiger charge is 2.37. The van der Waals surface area contributed by atoms with E-state index in [1.54, 1.807) is 0 Å². The molecule has 1 N–H and O–H groups in total. The summed E-state index contributed by atoms with van der Waals surface area (Å²) in [4.78, 5) is 2.66. The second kappa shape index (κ2) is 7.94. The Kier molecular flexibility index (Phi) is 6.51. The van der Waals surface area contributed by atoms with Gasteiger partial charge in [-0.05, 0) is 63.5 Å². The fraction of sp³-hybridized carbons (Fsp3) is 1.00. The average Bonchev–Trinajstić information content (AvgIpc) is 2.46. The molecule has 3 heteroatoms. The summed E-state index contributed by atoms with van der Waals surface area (Å²) in [6, 6.07) is 1.38. The Morgan fingerprint density at radius 2 is 1.90 bits per heavy atom. The monoisotopic (exact) mass is 296 g/mol. The van der Waals surface area contributed by atoms with Gasteiger partial charge in [0.05, 0.1) is 0 Å². The predicted octanol–water partition coefficient (Wildman–Crippen LogP) is 3.29. The molecule has 2 aliphatic rings. The molecule has 0 aromatic heterocycles. The van der Waals surface area contributed by atoms with Crippen LogP contribution in [0.15, 0.2) is 0 Å². The highest BCUT2D eigenvalue weighted by molar-refractivity contribution is 4.94. The van der Waals surface area contributed by atoms with Gasteiger partial charge in [-0.15, -0.1) is 0 Å². The predicted molar refractivity (Wildman–Crippen MR) is 89.7 cm³/mol. The minimum atomic E-state index is 0.499. The molecule has 0 amide bonds. The second-order valence-electron chi connectivity index (χ2n) is 8.03. The van der Waals surface area contributed by atoms with Crippen LogP contribution in [0.5, 0.6) is 0 Å². The highest BCUT2D eigenvalue weighted by atomic mass is 16.5. The number of ether oxygens (including phenoxy) is 1. The smallest absolute Gasteiger partial charge is 0.0469 e. The van der Waals surface area contributed by atoms with E-state index in [2.05, 4.69) is 38.0 Å². The van der Waals surface area contributed by atoms with Crippen molar-refractivity contribution in [1.82, 2.24) is 10.2 Å². The third-order valence-electron chi connectivity index (χ3n) is 5.47. The van der Waals surface area contributed by atoms with E-state index in [1.165, 1.54) is 45.1 Å². The van der Waals surface area contributed by atoms with Gasteiger partial charge < -0.3 is 15.0 Å². The Bertz CT molecular complexity index is 300. The Labute approximate surface area is 131 Å². The first-order valence-electron chi connectivity index (χ1n) is 9.03. The number of hydrogen-bond donors (Lipinski definition) is 1. The van der Waals surface area contributed by atoms with E-state index < -0.39 is 0 Å². The summed E-state index contributed by atoms with van der Waals surface area (Å²) in [5.74, 6) is 0.834. The molecule has 0 aromatic rings. The summed E-state index contributed by atoms with van der Waals surface area (Å²) < 4.78 is 5.50. The second-order valence-corrected chi connectivity index (χ2v) is 8.03. The molecule has 2 atom stereocenters. The van der Waals surface area contributed by atoms with Crippen LogP contribution in [0.25, 0.3) is 0 Å². The van der Waals surface area contributed by atoms with Crippen molar-refractivity contribution in [2.75, 3.05) is 33.4 Å². The van der Waals surface area contributed by atoms with Crippen LogP contribution in [0.2, 0.25) is 0 Å². The number of likely N-dealkylation sites (N-methyl/N-ethyl adjacent to an activating group) is 1. The summed E-state index contributed by atoms with van der Waals surface area (Å²) in [6.45, 7) is 11.5. The van der Waals surface area contributed by atoms with Gasteiger partial charge in [-0.1, -0.05) is 20.8 Å². The summed E-state index contributed by atoms with van der Waals surface area (Å²) >= 11 is 0. The van der Waals surface area contributed by atoms with Crippen LogP contribution in [-0.2, 0) is 4.74 Å². The first-order chi connectivity index (χ1) is 10.0. The lowest BCUT2D eigenvalue weighted by Gasteiger charge is -2.46. The number of nitrogens with one attached hydrogen (secondary N) is 1. The van der Waals surface area contributed by atoms with Crippen molar-refractivity contribution < 1.29 is 4.74 Å². The zero-order chi connectivity index (χ0) is 15.3. The van der Waals surface area contributed by atoms with Crippen LogP contribution < -0.4 is 5.32 Å². The maximum absolute atomic E-state index is 5.50. The van der Waals surface area contributed by atoms with E-state index in [0.29, 0.717) is 17.5 Å². The van der Waals surface area contributed by atoms with E-state index in [4.69, 9.17) is 4.74 Å². The van der Waals surface area contributed by atoms with Gasteiger partial charge in [-0.2, -0.15) is 0 Å². The highest BCUT2D eigenvalue weighted by Crippen LogP contribution is 2.37. The van der Waals surface area contributed by atoms with Crippen LogP contribution in [0, 0.1) is 11.3 Å². The molecule has 21 heavy (non-hydrogen) atoms. The zero-order valence-corrected chi connectivity index (χ0v) is 14.7. The van der Waals surface area contributed by atoms with Crippen LogP contribution in [-0.4, -0.2) is 50.3 Å². The van der Waals surface area contributed by atoms with Gasteiger partial charge in [0.1, 0.15) is 0 Å². The van der Waals surface area contributed by atoms with E-state index >= 15 is 0 Å². The van der Waals surface area contributed by atoms with Crippen molar-refractivity contribution in [3.05, 3.63) is 0 Å². The fourth-order valence-electron chi connectivity index (χ4n) is 4.05. The lowest BCUT2D eigenvalue weighted by Crippen LogP contribution is -2.54. The molecule has 0 bridgehead atoms. The Balaban J connectivity index is 1.92. The standard InChI is InChI=1S/C18H36N2O/c1-5-10-19-16-6-9-18(2,3)13-17(16)20(4)14-15-7-11-21-12-8-15/h15-17,19H,5-14H2,1-4H3. The molecule has 2 unspecified atom stereocenters. The minimum Gasteiger partial charge on any atom is -0.381 e. The van der Waals surface area contributed by atoms with E-state index in [1.807, 2.05) is 0 Å². The maximum Gasteiger partial charge on any atom is 0.0469 e. The van der Waals surface area contributed by atoms with E-state index in [-0.39, 0.29) is 0 Å². The molecule has 0 aromatic carbocycles. The zero-order valence-electron chi connectivity index (χ0n) is 14.7. The van der Waals surface area contributed by atoms with Crippen LogP contribution in [0.1, 0.15) is 59.3 Å². The van der Waals surface area contributed by atoms with Gasteiger partial charge >= 0.3 is 0 Å². The Hall–Kier alpha value is -0.120. The molecule has 1 aliphatic carbocycles. The Morgan fingerprint density at radius 1 is 1.19 bits per heavy atom. The van der Waals surface area contributed by atoms with Gasteiger partial charge in [-0.25, -0.2) is 0 Å². The summed E-state index contributed by atoms with van der Waals surface area (Å²) in [5.41, 5.74) is 0.499. The molecule has 2 rings (SSSR count). The van der Waals surface area contributed by atoms with Gasteiger partial charge in [0.25, 0.3) is 0 Å². The molecule has 1 aliphatic heterocycles. The molecule has 1 heterocycles. The van der Waals surface area contributed by atoms with Crippen molar-refractivity contribution in [2.45, 2.75) is 71.4 Å². The molecule has 124 valence electrons. The molecular weight excluding hydrogens is 260 g/mol. The topological polar surface area (TPSA) is 24.5 Å². The van der Waals surface area contributed by atoms with Crippen molar-refractivity contribution in [2.24, 2.45) is 11.3 Å². The first kappa shape index (κ1) is 17.2. The van der Waals surface area contributed by atoms with Crippen molar-refractivity contribution in [3.8, 4) is 0 Å². The lowest BCUT2D eigenvalue weighted by atomic mass is 9.72. The number of nitrogens with zero attached hydrogens (tertiary/aromatic N) is 1. The summed E-state index contributed by atoms with van der Waals surface area (Å²) in [5, 5.41) is 3.81. The molecule has 0 spiro atoms. The molecule has 1 saturated heterocycles. The van der Waals surface area contributed by atoms with Gasteiger partial charge in [-0.3, -0.25) is 0 Å². The lowest BCUT2D eigenvalue weighted by molar-refractivity contribution is 0.0306. The average molecular weight is 296 g/mol. The fourth-order valence-corrected chi connectivity index (χ4v) is 4.05. The van der Waals surface area contributed by atoms with Crippen LogP contribution in [0.4, 0.5) is 0 Å². The van der Waals surface area contributed by atoms with Crippen LogP contribution in [0.3, 0.4) is 0 Å². The molecule has 0 radical (unpaired) electrons. The summed E-state index contributed by atoms with van der Waals surface area (Å²) in [6.07, 6.45) is 7.73. The van der Waals surface area contributed by atoms with Crippen molar-refractivity contribution >= 4 is 0 Å². The van der Waals surface area contributed by atoms with Crippen LogP contribution >= 0.6 is 0 Å². The minimum absolute atomic E-state index is 0.499. The number of hydrogen-bond acceptors (Lipinski definition) is 3. The molecule has 3 nitrogen and oxygen atoms in total. The maximum atomic E-state index is 5.50. The number of rotatable bonds is 6. The van der Waals surface area contributed by atoms with Gasteiger partial charge in [0.2, 0.25) is 0 Å². The third-order valence-corrected chi connectivity index (χ3v) is 5.47. The van der Waals surface area contributed by atoms with Gasteiger partial charge in [0.15, 0.2) is 0 Å². The van der Waals surface area contributed by atoms with Gasteiger partial charge in [0, 0.05) is 31.8 Å². The molecule has 2 fully saturated rings. The summed E-state index contributed by atoms with van der Waals surface area (Å²) in [7, 11) is 2.35. The van der Waals surface area contributed by atoms with E-state index in [0.717, 1.165) is 25.7 Å². The van der Waals surface area contributed by atoms with E-state index in [9.17, 15) is 0 Å². The molecule has 1 saturated carbocycles.